The molecule has 3 aromatic heterocycles. The summed E-state index contributed by atoms with van der Waals surface area (Å²) in [5, 5.41) is 4.55. The van der Waals surface area contributed by atoms with Gasteiger partial charge in [-0.1, -0.05) is 166 Å². The summed E-state index contributed by atoms with van der Waals surface area (Å²) in [6.45, 7) is 4.75. The van der Waals surface area contributed by atoms with Crippen molar-refractivity contribution in [3.05, 3.63) is 211 Å². The van der Waals surface area contributed by atoms with E-state index in [2.05, 4.69) is 223 Å². The number of furan rings is 1. The second kappa shape index (κ2) is 13.0. The second-order valence-electron chi connectivity index (χ2n) is 17.1. The molecule has 62 heavy (non-hydrogen) atoms. The van der Waals surface area contributed by atoms with Crippen molar-refractivity contribution >= 4 is 54.8 Å². The number of hydrogen-bond donors (Lipinski definition) is 0. The van der Waals surface area contributed by atoms with E-state index in [1.807, 2.05) is 0 Å². The lowest BCUT2D eigenvalue weighted by Crippen LogP contribution is -2.16. The van der Waals surface area contributed by atoms with Crippen LogP contribution in [0.15, 0.2) is 205 Å². The third-order valence-electron chi connectivity index (χ3n) is 13.3. The van der Waals surface area contributed by atoms with E-state index < -0.39 is 0 Å². The Balaban J connectivity index is 1.14. The van der Waals surface area contributed by atoms with Crippen LogP contribution < -0.4 is 0 Å². The fourth-order valence-electron chi connectivity index (χ4n) is 10.6. The maximum atomic E-state index is 7.46. The monoisotopic (exact) mass is 793 g/mol. The SMILES string of the molecule is CC1(C)c2ccccc2-c2ccc3c4ccccc4n(-c4cccc5c4oc4c(-c6ccc(-c7ccccc7)cc6)ccc(-c6nc7ccccc7n6-c6ccccc6)c45)c3c21. The van der Waals surface area contributed by atoms with Crippen LogP contribution in [-0.4, -0.2) is 14.1 Å². The lowest BCUT2D eigenvalue weighted by Gasteiger charge is -2.23. The minimum absolute atomic E-state index is 0.220. The Morgan fingerprint density at radius 3 is 1.92 bits per heavy atom. The molecule has 12 aromatic rings. The van der Waals surface area contributed by atoms with E-state index in [0.29, 0.717) is 0 Å². The lowest BCUT2D eigenvalue weighted by molar-refractivity contribution is 0.660. The zero-order valence-corrected chi connectivity index (χ0v) is 34.3. The van der Waals surface area contributed by atoms with Crippen LogP contribution in [0.5, 0.6) is 0 Å². The van der Waals surface area contributed by atoms with Gasteiger partial charge in [0, 0.05) is 43.8 Å². The first-order valence-corrected chi connectivity index (χ1v) is 21.4. The van der Waals surface area contributed by atoms with Gasteiger partial charge in [0.05, 0.1) is 27.8 Å². The van der Waals surface area contributed by atoms with Crippen molar-refractivity contribution in [1.82, 2.24) is 14.1 Å². The van der Waals surface area contributed by atoms with E-state index in [0.717, 1.165) is 72.4 Å². The quantitative estimate of drug-likeness (QED) is 0.174. The molecule has 1 aliphatic rings. The molecule has 4 nitrogen and oxygen atoms in total. The van der Waals surface area contributed by atoms with Crippen LogP contribution in [0.4, 0.5) is 0 Å². The lowest BCUT2D eigenvalue weighted by atomic mass is 9.81. The van der Waals surface area contributed by atoms with Gasteiger partial charge in [-0.25, -0.2) is 4.98 Å². The fourth-order valence-corrected chi connectivity index (χ4v) is 10.6. The van der Waals surface area contributed by atoms with Crippen LogP contribution in [0.3, 0.4) is 0 Å². The van der Waals surface area contributed by atoms with E-state index >= 15 is 0 Å². The summed E-state index contributed by atoms with van der Waals surface area (Å²) in [6.07, 6.45) is 0. The Kier molecular flexibility index (Phi) is 7.32. The Labute approximate surface area is 358 Å². The average molecular weight is 794 g/mol. The number of benzene rings is 9. The third kappa shape index (κ3) is 4.86. The summed E-state index contributed by atoms with van der Waals surface area (Å²) in [4.78, 5) is 5.39. The van der Waals surface area contributed by atoms with Gasteiger partial charge in [0.1, 0.15) is 11.4 Å². The first-order valence-electron chi connectivity index (χ1n) is 21.4. The van der Waals surface area contributed by atoms with E-state index in [1.54, 1.807) is 0 Å². The van der Waals surface area contributed by atoms with Crippen LogP contribution in [0, 0.1) is 0 Å². The number of nitrogens with zero attached hydrogens (tertiary/aromatic N) is 3. The van der Waals surface area contributed by atoms with E-state index in [4.69, 9.17) is 9.40 Å². The maximum Gasteiger partial charge on any atom is 0.159 e. The minimum Gasteiger partial charge on any atom is -0.453 e. The van der Waals surface area contributed by atoms with Gasteiger partial charge in [-0.2, -0.15) is 0 Å². The number of rotatable bonds is 5. The molecule has 0 spiro atoms. The molecule has 292 valence electrons. The molecule has 0 unspecified atom stereocenters. The molecule has 0 amide bonds. The summed E-state index contributed by atoms with van der Waals surface area (Å²) in [6, 6.07) is 71.9. The smallest absolute Gasteiger partial charge is 0.159 e. The van der Waals surface area contributed by atoms with Crippen LogP contribution >= 0.6 is 0 Å². The Bertz CT molecular complexity index is 3750. The highest BCUT2D eigenvalue weighted by Crippen LogP contribution is 2.54. The molecule has 0 bridgehead atoms. The Hall–Kier alpha value is -7.95. The summed E-state index contributed by atoms with van der Waals surface area (Å²) >= 11 is 0. The average Bonchev–Trinajstić information content (AvgIpc) is 4.07. The van der Waals surface area contributed by atoms with Crippen molar-refractivity contribution in [2.75, 3.05) is 0 Å². The highest BCUT2D eigenvalue weighted by Gasteiger charge is 2.38. The maximum absolute atomic E-state index is 7.46. The van der Waals surface area contributed by atoms with Gasteiger partial charge >= 0.3 is 0 Å². The van der Waals surface area contributed by atoms with Gasteiger partial charge in [-0.3, -0.25) is 4.57 Å². The zero-order chi connectivity index (χ0) is 41.1. The van der Waals surface area contributed by atoms with Crippen molar-refractivity contribution in [2.24, 2.45) is 0 Å². The minimum atomic E-state index is -0.220. The Morgan fingerprint density at radius 2 is 1.08 bits per heavy atom. The van der Waals surface area contributed by atoms with Crippen molar-refractivity contribution in [2.45, 2.75) is 19.3 Å². The molecule has 1 aliphatic carbocycles. The largest absolute Gasteiger partial charge is 0.453 e. The molecule has 0 saturated heterocycles. The molecule has 13 rings (SSSR count). The molecular formula is C58H39N3O. The van der Waals surface area contributed by atoms with Crippen molar-refractivity contribution in [3.63, 3.8) is 0 Å². The number of hydrogen-bond acceptors (Lipinski definition) is 2. The van der Waals surface area contributed by atoms with Crippen LogP contribution in [0.25, 0.3) is 111 Å². The first-order chi connectivity index (χ1) is 30.5. The fraction of sp³-hybridized carbons (Fsp3) is 0.0517. The molecule has 0 atom stereocenters. The first kappa shape index (κ1) is 34.9. The summed E-state index contributed by atoms with van der Waals surface area (Å²) in [7, 11) is 0. The third-order valence-corrected chi connectivity index (χ3v) is 13.3. The van der Waals surface area contributed by atoms with Gasteiger partial charge in [0.15, 0.2) is 5.58 Å². The summed E-state index contributed by atoms with van der Waals surface area (Å²) in [5.74, 6) is 0.871. The standard InChI is InChI=1S/C58H39N3O/c1-58(2)47-23-11-9-20-41(47)43-33-34-44-42-21-10-13-25-49(42)61(54(44)53(43)58)51-27-15-22-45-52-46(57-59-48-24-12-14-26-50(48)60(57)39-18-7-4-8-19-39)35-32-40(56(52)62-55(45)51)38-30-28-37(29-31-38)36-16-5-3-6-17-36/h3-35H,1-2H3. The number of imidazole rings is 1. The van der Waals surface area contributed by atoms with Crippen molar-refractivity contribution in [3.8, 4) is 56.1 Å². The molecule has 0 saturated carbocycles. The van der Waals surface area contributed by atoms with Gasteiger partial charge in [-0.15, -0.1) is 0 Å². The summed E-state index contributed by atoms with van der Waals surface area (Å²) in [5.41, 5.74) is 18.7. The van der Waals surface area contributed by atoms with Crippen LogP contribution in [0.1, 0.15) is 25.0 Å². The molecule has 0 aliphatic heterocycles. The molecule has 9 aromatic carbocycles. The zero-order valence-electron chi connectivity index (χ0n) is 34.3. The molecular weight excluding hydrogens is 755 g/mol. The molecule has 0 N–H and O–H groups in total. The van der Waals surface area contributed by atoms with Gasteiger partial charge in [0.25, 0.3) is 0 Å². The number of aromatic nitrogens is 3. The highest BCUT2D eigenvalue weighted by atomic mass is 16.3. The normalized spacial score (nSPS) is 13.1. The van der Waals surface area contributed by atoms with Crippen LogP contribution in [0.2, 0.25) is 0 Å². The van der Waals surface area contributed by atoms with Gasteiger partial charge < -0.3 is 8.98 Å². The van der Waals surface area contributed by atoms with Gasteiger partial charge in [-0.05, 0) is 87.5 Å². The van der Waals surface area contributed by atoms with E-state index in [1.165, 1.54) is 49.7 Å². The molecule has 3 heterocycles. The van der Waals surface area contributed by atoms with E-state index in [-0.39, 0.29) is 5.41 Å². The molecule has 4 heteroatoms. The Morgan fingerprint density at radius 1 is 0.435 bits per heavy atom. The highest BCUT2D eigenvalue weighted by molar-refractivity contribution is 6.19. The molecule has 0 radical (unpaired) electrons. The van der Waals surface area contributed by atoms with Gasteiger partial charge in [0.2, 0.25) is 0 Å². The number of para-hydroxylation sites is 5. The van der Waals surface area contributed by atoms with Crippen LogP contribution in [-0.2, 0) is 5.41 Å². The predicted molar refractivity (Wildman–Crippen MR) is 257 cm³/mol. The van der Waals surface area contributed by atoms with Crippen molar-refractivity contribution < 1.29 is 4.42 Å². The van der Waals surface area contributed by atoms with E-state index in [9.17, 15) is 0 Å². The predicted octanol–water partition coefficient (Wildman–Crippen LogP) is 15.3. The topological polar surface area (TPSA) is 35.9 Å². The van der Waals surface area contributed by atoms with Crippen molar-refractivity contribution in [1.29, 1.82) is 0 Å². The number of fused-ring (bicyclic) bond motifs is 11. The summed E-state index contributed by atoms with van der Waals surface area (Å²) < 4.78 is 12.2. The second-order valence-corrected chi connectivity index (χ2v) is 17.1. The molecule has 0 fully saturated rings.